The Morgan fingerprint density at radius 1 is 1.52 bits per heavy atom. The fraction of sp³-hybridized carbons (Fsp3) is 0.250. The normalized spacial score (nSPS) is 10.2. The van der Waals surface area contributed by atoms with E-state index in [4.69, 9.17) is 4.74 Å². The number of methoxy groups -OCH3 is 1. The van der Waals surface area contributed by atoms with Crippen LogP contribution >= 0.6 is 0 Å². The third kappa shape index (κ3) is 3.53. The molecule has 0 radical (unpaired) electrons. The number of aromatic nitrogens is 3. The van der Waals surface area contributed by atoms with Gasteiger partial charge in [0, 0.05) is 5.10 Å². The van der Waals surface area contributed by atoms with Crippen molar-refractivity contribution in [1.29, 1.82) is 0 Å². The maximum atomic E-state index is 11.9. The van der Waals surface area contributed by atoms with Crippen molar-refractivity contribution in [2.24, 2.45) is 0 Å². The van der Waals surface area contributed by atoms with Crippen LogP contribution in [0.25, 0.3) is 0 Å². The molecule has 0 saturated carbocycles. The van der Waals surface area contributed by atoms with Crippen molar-refractivity contribution in [1.82, 2.24) is 14.8 Å². The topological polar surface area (TPSA) is 112 Å². The maximum Gasteiger partial charge on any atom is 0.490 e. The highest BCUT2D eigenvalue weighted by molar-refractivity contribution is 5.92. The summed E-state index contributed by atoms with van der Waals surface area (Å²) in [6.07, 6.45) is 1.13. The van der Waals surface area contributed by atoms with Crippen LogP contribution in [0, 0.1) is 17.0 Å². The number of aryl methyl sites for hydroxylation is 1. The molecule has 0 fully saturated rings. The number of nitro groups is 1. The van der Waals surface area contributed by atoms with Gasteiger partial charge in [-0.1, -0.05) is 11.1 Å². The molecule has 0 bridgehead atoms. The Hall–Kier alpha value is -2.97. The minimum absolute atomic E-state index is 0.183. The van der Waals surface area contributed by atoms with Crippen molar-refractivity contribution in [2.45, 2.75) is 13.5 Å². The van der Waals surface area contributed by atoms with Crippen molar-refractivity contribution in [3.8, 4) is 5.75 Å². The Labute approximate surface area is 119 Å². The lowest BCUT2D eigenvalue weighted by atomic mass is 10.2. The van der Waals surface area contributed by atoms with E-state index in [1.165, 1.54) is 7.11 Å². The Balaban J connectivity index is 2.07. The summed E-state index contributed by atoms with van der Waals surface area (Å²) in [7, 11) is 1.50. The van der Waals surface area contributed by atoms with Crippen LogP contribution in [0.1, 0.15) is 5.56 Å². The van der Waals surface area contributed by atoms with E-state index < -0.39 is 16.8 Å². The van der Waals surface area contributed by atoms with Gasteiger partial charge in [-0.05, 0) is 29.5 Å². The van der Waals surface area contributed by atoms with E-state index in [1.807, 2.05) is 13.0 Å². The van der Waals surface area contributed by atoms with E-state index in [9.17, 15) is 14.9 Å². The fourth-order valence-electron chi connectivity index (χ4n) is 1.70. The summed E-state index contributed by atoms with van der Waals surface area (Å²) in [6.45, 7) is 1.70. The molecule has 0 unspecified atom stereocenters. The van der Waals surface area contributed by atoms with Crippen LogP contribution in [0.5, 0.6) is 5.75 Å². The van der Waals surface area contributed by atoms with Gasteiger partial charge in [0.05, 0.1) is 12.8 Å². The van der Waals surface area contributed by atoms with Crippen molar-refractivity contribution < 1.29 is 14.5 Å². The lowest BCUT2D eigenvalue weighted by Crippen LogP contribution is -2.19. The predicted molar refractivity (Wildman–Crippen MR) is 73.0 cm³/mol. The second kappa shape index (κ2) is 5.99. The van der Waals surface area contributed by atoms with Gasteiger partial charge in [-0.25, -0.2) is 0 Å². The first-order chi connectivity index (χ1) is 9.99. The molecule has 1 aromatic heterocycles. The predicted octanol–water partition coefficient (Wildman–Crippen LogP) is 1.14. The lowest BCUT2D eigenvalue weighted by molar-refractivity contribution is -0.394. The number of anilines is 1. The number of nitrogens with zero attached hydrogens (tertiary/aromatic N) is 4. The Morgan fingerprint density at radius 3 is 2.90 bits per heavy atom. The van der Waals surface area contributed by atoms with E-state index in [-0.39, 0.29) is 6.54 Å². The second-order valence-electron chi connectivity index (χ2n) is 4.25. The van der Waals surface area contributed by atoms with E-state index >= 15 is 0 Å². The monoisotopic (exact) mass is 291 g/mol. The average molecular weight is 291 g/mol. The molecular weight excluding hydrogens is 278 g/mol. The number of carbonyl (C=O) groups excluding carboxylic acids is 1. The molecule has 0 aliphatic rings. The van der Waals surface area contributed by atoms with Crippen molar-refractivity contribution in [3.05, 3.63) is 40.2 Å². The molecule has 0 spiro atoms. The zero-order valence-electron chi connectivity index (χ0n) is 11.4. The summed E-state index contributed by atoms with van der Waals surface area (Å²) in [5, 5.41) is 16.7. The summed E-state index contributed by atoms with van der Waals surface area (Å²) in [5.41, 5.74) is 1.49. The van der Waals surface area contributed by atoms with Gasteiger partial charge in [0.15, 0.2) is 0 Å². The smallest absolute Gasteiger partial charge is 0.490 e. The van der Waals surface area contributed by atoms with Crippen molar-refractivity contribution >= 4 is 17.5 Å². The van der Waals surface area contributed by atoms with E-state index in [1.54, 1.807) is 12.1 Å². The molecule has 0 saturated heterocycles. The van der Waals surface area contributed by atoms with Crippen LogP contribution in [-0.2, 0) is 11.3 Å². The highest BCUT2D eigenvalue weighted by Crippen LogP contribution is 2.25. The van der Waals surface area contributed by atoms with Gasteiger partial charge in [-0.15, -0.1) is 0 Å². The molecule has 1 N–H and O–H groups in total. The third-order valence-electron chi connectivity index (χ3n) is 2.62. The summed E-state index contributed by atoms with van der Waals surface area (Å²) >= 11 is 0. The van der Waals surface area contributed by atoms with E-state index in [0.717, 1.165) is 16.6 Å². The van der Waals surface area contributed by atoms with Crippen molar-refractivity contribution in [2.75, 3.05) is 12.4 Å². The molecule has 0 aliphatic carbocycles. The molecule has 1 aromatic carbocycles. The molecule has 2 aromatic rings. The summed E-state index contributed by atoms with van der Waals surface area (Å²) in [4.78, 5) is 25.1. The van der Waals surface area contributed by atoms with Gasteiger partial charge < -0.3 is 20.2 Å². The van der Waals surface area contributed by atoms with E-state index in [0.29, 0.717) is 11.4 Å². The Kier molecular flexibility index (Phi) is 4.12. The lowest BCUT2D eigenvalue weighted by Gasteiger charge is -2.10. The molecule has 9 heteroatoms. The van der Waals surface area contributed by atoms with Gasteiger partial charge in [0.25, 0.3) is 0 Å². The Morgan fingerprint density at radius 2 is 2.29 bits per heavy atom. The number of rotatable bonds is 5. The number of carbonyl (C=O) groups is 1. The van der Waals surface area contributed by atoms with E-state index in [2.05, 4.69) is 15.4 Å². The van der Waals surface area contributed by atoms with Gasteiger partial charge >= 0.3 is 5.95 Å². The second-order valence-corrected chi connectivity index (χ2v) is 4.25. The number of nitrogens with one attached hydrogen (secondary N) is 1. The van der Waals surface area contributed by atoms with Crippen molar-refractivity contribution in [3.63, 3.8) is 0 Å². The van der Waals surface area contributed by atoms with Crippen LogP contribution in [-0.4, -0.2) is 32.7 Å². The zero-order chi connectivity index (χ0) is 15.4. The van der Waals surface area contributed by atoms with Gasteiger partial charge in [-0.2, -0.15) is 4.68 Å². The fourth-order valence-corrected chi connectivity index (χ4v) is 1.70. The molecule has 0 atom stereocenters. The number of hydrogen-bond acceptors (Lipinski definition) is 6. The summed E-state index contributed by atoms with van der Waals surface area (Å²) < 4.78 is 6.24. The van der Waals surface area contributed by atoms with Gasteiger partial charge in [-0.3, -0.25) is 4.79 Å². The van der Waals surface area contributed by atoms with Crippen LogP contribution in [0.2, 0.25) is 0 Å². The maximum absolute atomic E-state index is 11.9. The number of hydrogen-bond donors (Lipinski definition) is 1. The molecule has 110 valence electrons. The Bertz CT molecular complexity index is 682. The van der Waals surface area contributed by atoms with Crippen LogP contribution in [0.3, 0.4) is 0 Å². The third-order valence-corrected chi connectivity index (χ3v) is 2.62. The molecular formula is C12H13N5O4. The van der Waals surface area contributed by atoms with Gasteiger partial charge in [0.2, 0.25) is 12.2 Å². The van der Waals surface area contributed by atoms with Crippen LogP contribution in [0.4, 0.5) is 11.6 Å². The summed E-state index contributed by atoms with van der Waals surface area (Å²) in [6, 6.07) is 5.36. The molecule has 1 amide bonds. The zero-order valence-corrected chi connectivity index (χ0v) is 11.4. The first kappa shape index (κ1) is 14.4. The highest BCUT2D eigenvalue weighted by Gasteiger charge is 2.16. The SMILES string of the molecule is COc1ccc(C)cc1NC(=O)Cn1cnc([N+](=O)[O-])n1. The standard InChI is InChI=1S/C12H13N5O4/c1-8-3-4-10(21-2)9(5-8)14-11(18)6-16-7-13-12(15-16)17(19)20/h3-5,7H,6H2,1-2H3,(H,14,18). The molecule has 0 aliphatic heterocycles. The number of ether oxygens (including phenoxy) is 1. The summed E-state index contributed by atoms with van der Waals surface area (Å²) in [5.74, 6) is -0.409. The molecule has 1 heterocycles. The first-order valence-corrected chi connectivity index (χ1v) is 5.98. The highest BCUT2D eigenvalue weighted by atomic mass is 16.6. The minimum Gasteiger partial charge on any atom is -0.495 e. The number of benzene rings is 1. The largest absolute Gasteiger partial charge is 0.495 e. The number of amides is 1. The van der Waals surface area contributed by atoms with Crippen LogP contribution in [0.15, 0.2) is 24.5 Å². The quantitative estimate of drug-likeness (QED) is 0.653. The first-order valence-electron chi connectivity index (χ1n) is 5.98. The van der Waals surface area contributed by atoms with Gasteiger partial charge in [0.1, 0.15) is 12.3 Å². The molecule has 9 nitrogen and oxygen atoms in total. The minimum atomic E-state index is -0.724. The molecule has 2 rings (SSSR count). The molecule has 21 heavy (non-hydrogen) atoms. The van der Waals surface area contributed by atoms with Crippen LogP contribution < -0.4 is 10.1 Å². The average Bonchev–Trinajstić information content (AvgIpc) is 2.87.